The first-order valence-corrected chi connectivity index (χ1v) is 21.5. The molecule has 0 aliphatic carbocycles. The number of aliphatic hydroxyl groups excluding tert-OH is 2. The fourth-order valence-corrected chi connectivity index (χ4v) is 3.27. The Kier molecular flexibility index (Phi) is 31.2. The Balaban J connectivity index is 0. The Hall–Kier alpha value is -2.08. The maximum absolute atomic E-state index is 11.7. The molecule has 0 heterocycles. The minimum atomic E-state index is -0.814. The van der Waals surface area contributed by atoms with E-state index in [1.54, 1.807) is 100 Å². The van der Waals surface area contributed by atoms with E-state index in [2.05, 4.69) is 42.0 Å². The second kappa shape index (κ2) is 31.2. The Labute approximate surface area is 314 Å². The number of halogens is 5. The first-order chi connectivity index (χ1) is 22.4. The van der Waals surface area contributed by atoms with Crippen LogP contribution in [-0.2, 0) is 9.47 Å². The maximum atomic E-state index is 11.7. The second-order valence-electron chi connectivity index (χ2n) is 9.11. The summed E-state index contributed by atoms with van der Waals surface area (Å²) in [7, 11) is 0. The van der Waals surface area contributed by atoms with E-state index in [1.165, 1.54) is 0 Å². The van der Waals surface area contributed by atoms with Gasteiger partial charge in [-0.2, -0.15) is 0 Å². The number of aliphatic hydroxyl groups is 2. The molecule has 2 N–H and O–H groups in total. The van der Waals surface area contributed by atoms with Crippen molar-refractivity contribution in [2.24, 2.45) is 0 Å². The number of alkyl halides is 2. The molecule has 0 saturated heterocycles. The van der Waals surface area contributed by atoms with Crippen LogP contribution < -0.4 is 14.2 Å². The Morgan fingerprint density at radius 2 is 0.872 bits per heavy atom. The van der Waals surface area contributed by atoms with Crippen molar-refractivity contribution in [1.82, 2.24) is 0 Å². The third-order valence-corrected chi connectivity index (χ3v) is 4.85. The number of hydrogen-bond acceptors (Lipinski definition) is 10. The maximum Gasteiger partial charge on any atom is 0.514 e. The summed E-state index contributed by atoms with van der Waals surface area (Å²) in [4.78, 5) is 33.5. The van der Waals surface area contributed by atoms with Crippen LogP contribution in [-0.4, -0.2) is 57.7 Å². The quantitative estimate of drug-likeness (QED) is 0.0701. The fraction of sp³-hybridized carbons (Fsp3) is 0.344. The van der Waals surface area contributed by atoms with Gasteiger partial charge in [0.15, 0.2) is 0 Å². The average molecular weight is 944 g/mol. The monoisotopic (exact) mass is 942 g/mol. The third kappa shape index (κ3) is 31.0. The fourth-order valence-electron chi connectivity index (χ4n) is 3.18. The molecule has 0 spiro atoms. The molecule has 0 aliphatic rings. The SMILES string of the molecule is CC(CC(C)OC(=O)Oc1ccccc1)OC(=O)Oc1ccccc1.CC(O)CC(C)O.ClCCl.II.O=C(Cl)Oc1ccccc1. The van der Waals surface area contributed by atoms with Crippen molar-refractivity contribution in [2.45, 2.75) is 65.0 Å². The van der Waals surface area contributed by atoms with Crippen LogP contribution in [0.15, 0.2) is 91.0 Å². The summed E-state index contributed by atoms with van der Waals surface area (Å²) in [6, 6.07) is 25.9. The van der Waals surface area contributed by atoms with Crippen LogP contribution in [0.3, 0.4) is 0 Å². The van der Waals surface area contributed by atoms with Crippen molar-refractivity contribution in [3.8, 4) is 17.2 Å². The first kappa shape index (κ1) is 47.0. The van der Waals surface area contributed by atoms with Crippen LogP contribution in [0.1, 0.15) is 40.5 Å². The average Bonchev–Trinajstić information content (AvgIpc) is 2.99. The molecule has 0 bridgehead atoms. The van der Waals surface area contributed by atoms with Crippen molar-refractivity contribution in [3.63, 3.8) is 0 Å². The second-order valence-corrected chi connectivity index (χ2v) is 10.2. The molecule has 3 aromatic carbocycles. The van der Waals surface area contributed by atoms with E-state index in [9.17, 15) is 14.4 Å². The molecule has 0 aromatic heterocycles. The van der Waals surface area contributed by atoms with E-state index in [0.29, 0.717) is 30.1 Å². The van der Waals surface area contributed by atoms with Gasteiger partial charge in [0.05, 0.1) is 17.5 Å². The summed E-state index contributed by atoms with van der Waals surface area (Å²) in [5.41, 5.74) is -0.814. The molecule has 4 unspecified atom stereocenters. The predicted molar refractivity (Wildman–Crippen MR) is 202 cm³/mol. The van der Waals surface area contributed by atoms with Gasteiger partial charge in [-0.1, -0.05) is 54.6 Å². The molecular formula is C32H39Cl3I2O10. The molecule has 3 rings (SSSR count). The van der Waals surface area contributed by atoms with E-state index in [4.69, 9.17) is 64.0 Å². The van der Waals surface area contributed by atoms with Gasteiger partial charge in [-0.05, 0) is 70.5 Å². The van der Waals surface area contributed by atoms with Gasteiger partial charge in [0, 0.05) is 55.3 Å². The number of carbonyl (C=O) groups is 3. The van der Waals surface area contributed by atoms with E-state index in [0.717, 1.165) is 0 Å². The first-order valence-electron chi connectivity index (χ1n) is 13.8. The van der Waals surface area contributed by atoms with Crippen LogP contribution in [0.4, 0.5) is 14.4 Å². The predicted octanol–water partition coefficient (Wildman–Crippen LogP) is 10.3. The molecule has 47 heavy (non-hydrogen) atoms. The van der Waals surface area contributed by atoms with Gasteiger partial charge >= 0.3 is 17.7 Å². The Morgan fingerprint density at radius 1 is 0.596 bits per heavy atom. The van der Waals surface area contributed by atoms with E-state index < -0.39 is 29.9 Å². The van der Waals surface area contributed by atoms with Gasteiger partial charge in [0.2, 0.25) is 0 Å². The smallest absolute Gasteiger partial charge is 0.431 e. The number of ether oxygens (including phenoxy) is 5. The number of rotatable bonds is 9. The van der Waals surface area contributed by atoms with Crippen LogP contribution in [0, 0.1) is 0 Å². The van der Waals surface area contributed by atoms with Crippen molar-refractivity contribution in [1.29, 1.82) is 0 Å². The van der Waals surface area contributed by atoms with Crippen LogP contribution in [0.5, 0.6) is 17.2 Å². The highest BCUT2D eigenvalue weighted by molar-refractivity contribution is 15.0. The molecule has 0 amide bonds. The lowest BCUT2D eigenvalue weighted by molar-refractivity contribution is 0.0212. The molecular weight excluding hydrogens is 905 g/mol. The molecule has 4 atom stereocenters. The van der Waals surface area contributed by atoms with Crippen LogP contribution >= 0.6 is 72.0 Å². The molecule has 0 radical (unpaired) electrons. The molecule has 0 saturated carbocycles. The number of para-hydroxylation sites is 3. The highest BCUT2D eigenvalue weighted by atomic mass is 128. The van der Waals surface area contributed by atoms with Crippen LogP contribution in [0.2, 0.25) is 0 Å². The van der Waals surface area contributed by atoms with E-state index >= 15 is 0 Å². The van der Waals surface area contributed by atoms with E-state index in [1.807, 2.05) is 18.2 Å². The molecule has 0 fully saturated rings. The Morgan fingerprint density at radius 3 is 1.11 bits per heavy atom. The zero-order valence-corrected chi connectivity index (χ0v) is 32.7. The summed E-state index contributed by atoms with van der Waals surface area (Å²) >= 11 is 18.7. The molecule has 15 heteroatoms. The van der Waals surface area contributed by atoms with Crippen molar-refractivity contribution in [3.05, 3.63) is 91.0 Å². The molecule has 0 aliphatic heterocycles. The zero-order chi connectivity index (χ0) is 36.0. The van der Waals surface area contributed by atoms with Crippen LogP contribution in [0.25, 0.3) is 0 Å². The summed E-state index contributed by atoms with van der Waals surface area (Å²) in [5, 5.41) is 17.3. The van der Waals surface area contributed by atoms with Gasteiger partial charge in [-0.15, -0.1) is 23.2 Å². The third-order valence-electron chi connectivity index (χ3n) is 4.77. The highest BCUT2D eigenvalue weighted by Gasteiger charge is 2.18. The summed E-state index contributed by atoms with van der Waals surface area (Å²) in [6.45, 7) is 6.70. The van der Waals surface area contributed by atoms with Gasteiger partial charge < -0.3 is 33.9 Å². The van der Waals surface area contributed by atoms with Crippen molar-refractivity contribution < 1.29 is 48.3 Å². The number of hydrogen-bond donors (Lipinski definition) is 2. The minimum Gasteiger partial charge on any atom is -0.431 e. The zero-order valence-electron chi connectivity index (χ0n) is 26.1. The molecule has 3 aromatic rings. The van der Waals surface area contributed by atoms with Crippen molar-refractivity contribution >= 4 is 89.8 Å². The summed E-state index contributed by atoms with van der Waals surface area (Å²) in [6.07, 6.45) is -2.56. The Bertz CT molecular complexity index is 1130. The lowest BCUT2D eigenvalue weighted by atomic mass is 10.2. The highest BCUT2D eigenvalue weighted by Crippen LogP contribution is 2.14. The molecule has 10 nitrogen and oxygen atoms in total. The summed E-state index contributed by atoms with van der Waals surface area (Å²) in [5.74, 6) is 1.26. The van der Waals surface area contributed by atoms with E-state index in [-0.39, 0.29) is 17.5 Å². The largest absolute Gasteiger partial charge is 0.514 e. The topological polar surface area (TPSA) is 138 Å². The van der Waals surface area contributed by atoms with Gasteiger partial charge in [0.25, 0.3) is 0 Å². The number of benzene rings is 3. The lowest BCUT2D eigenvalue weighted by Crippen LogP contribution is -2.25. The van der Waals surface area contributed by atoms with Gasteiger partial charge in [-0.25, -0.2) is 14.4 Å². The number of carbonyl (C=O) groups excluding carboxylic acids is 3. The lowest BCUT2D eigenvalue weighted by Gasteiger charge is -2.18. The molecule has 262 valence electrons. The van der Waals surface area contributed by atoms with Gasteiger partial charge in [0.1, 0.15) is 29.5 Å². The van der Waals surface area contributed by atoms with Crippen molar-refractivity contribution in [2.75, 3.05) is 5.34 Å². The standard InChI is InChI=1S/C19H20O6.C7H5ClO2.C5H12O2.CH2Cl2.I2/c1-14(22-18(20)24-16-9-5-3-6-10-16)13-15(2)23-19(21)25-17-11-7-4-8-12-17;8-7(9)10-6-4-2-1-3-5-6;1-4(6)3-5(2)7;2-1-3;1-2/h3-12,14-15H,13H2,1-2H3;1-5H;4-7H,3H2,1-2H3;1H2;. The minimum absolute atomic E-state index is 0.194. The summed E-state index contributed by atoms with van der Waals surface area (Å²) < 4.78 is 24.9. The van der Waals surface area contributed by atoms with Gasteiger partial charge in [-0.3, -0.25) is 0 Å². The normalized spacial score (nSPS) is 11.9.